The largest absolute Gasteiger partial charge is 0.396 e. The van der Waals surface area contributed by atoms with Gasteiger partial charge in [-0.25, -0.2) is 0 Å². The average molecular weight is 203 g/mol. The van der Waals surface area contributed by atoms with Gasteiger partial charge in [-0.1, -0.05) is 13.3 Å². The lowest BCUT2D eigenvalue weighted by atomic mass is 9.93. The molecule has 1 rings (SSSR count). The van der Waals surface area contributed by atoms with E-state index >= 15 is 0 Å². The first-order valence-electron chi connectivity index (χ1n) is 5.38. The van der Waals surface area contributed by atoms with Crippen molar-refractivity contribution in [2.24, 2.45) is 5.92 Å². The highest BCUT2D eigenvalue weighted by atomic mass is 16.3. The van der Waals surface area contributed by atoms with Crippen LogP contribution in [0.4, 0.5) is 0 Å². The molecule has 1 fully saturated rings. The van der Waals surface area contributed by atoms with Gasteiger partial charge in [0.2, 0.25) is 0 Å². The molecule has 0 amide bonds. The maximum Gasteiger partial charge on any atom is 0.0929 e. The monoisotopic (exact) mass is 203 g/mol. The van der Waals surface area contributed by atoms with E-state index in [1.807, 2.05) is 0 Å². The van der Waals surface area contributed by atoms with E-state index in [-0.39, 0.29) is 12.5 Å². The Labute approximate surface area is 85.2 Å². The molecule has 0 aromatic heterocycles. The minimum atomic E-state index is -0.766. The number of aliphatic hydroxyl groups excluding tert-OH is 3. The van der Waals surface area contributed by atoms with Crippen molar-refractivity contribution in [2.45, 2.75) is 32.0 Å². The van der Waals surface area contributed by atoms with Crippen LogP contribution >= 0.6 is 0 Å². The van der Waals surface area contributed by atoms with E-state index in [1.165, 1.54) is 0 Å². The Morgan fingerprint density at radius 1 is 1.29 bits per heavy atom. The van der Waals surface area contributed by atoms with Crippen LogP contribution in [-0.2, 0) is 0 Å². The quantitative estimate of drug-likeness (QED) is 0.573. The van der Waals surface area contributed by atoms with Crippen molar-refractivity contribution < 1.29 is 15.3 Å². The zero-order valence-electron chi connectivity index (χ0n) is 8.76. The lowest BCUT2D eigenvalue weighted by molar-refractivity contribution is -0.0861. The molecule has 0 radical (unpaired) electrons. The van der Waals surface area contributed by atoms with Crippen molar-refractivity contribution in [3.05, 3.63) is 0 Å². The molecule has 14 heavy (non-hydrogen) atoms. The summed E-state index contributed by atoms with van der Waals surface area (Å²) >= 11 is 0. The molecule has 0 spiro atoms. The van der Waals surface area contributed by atoms with Gasteiger partial charge < -0.3 is 20.2 Å². The molecular formula is C10H21NO3. The van der Waals surface area contributed by atoms with E-state index < -0.39 is 12.2 Å². The fraction of sp³-hybridized carbons (Fsp3) is 1.00. The Morgan fingerprint density at radius 3 is 2.57 bits per heavy atom. The van der Waals surface area contributed by atoms with Gasteiger partial charge in [0, 0.05) is 25.6 Å². The van der Waals surface area contributed by atoms with Crippen LogP contribution in [0.3, 0.4) is 0 Å². The van der Waals surface area contributed by atoms with E-state index in [9.17, 15) is 10.2 Å². The molecule has 0 saturated carbocycles. The van der Waals surface area contributed by atoms with Crippen LogP contribution in [0.25, 0.3) is 0 Å². The molecule has 84 valence electrons. The summed E-state index contributed by atoms with van der Waals surface area (Å²) in [5.41, 5.74) is 0. The minimum Gasteiger partial charge on any atom is -0.396 e. The summed E-state index contributed by atoms with van der Waals surface area (Å²) < 4.78 is 0. The summed E-state index contributed by atoms with van der Waals surface area (Å²) in [4.78, 5) is 2.11. The lowest BCUT2D eigenvalue weighted by Gasteiger charge is -2.38. The summed E-state index contributed by atoms with van der Waals surface area (Å²) in [6, 6.07) is 0. The Bertz CT molecular complexity index is 165. The van der Waals surface area contributed by atoms with Crippen molar-refractivity contribution in [3.63, 3.8) is 0 Å². The van der Waals surface area contributed by atoms with Gasteiger partial charge in [0.05, 0.1) is 12.2 Å². The zero-order valence-corrected chi connectivity index (χ0v) is 8.76. The van der Waals surface area contributed by atoms with Gasteiger partial charge in [-0.05, 0) is 13.0 Å². The topological polar surface area (TPSA) is 63.9 Å². The number of nitrogens with zero attached hydrogens (tertiary/aromatic N) is 1. The zero-order chi connectivity index (χ0) is 10.6. The summed E-state index contributed by atoms with van der Waals surface area (Å²) in [7, 11) is 0. The number of hydrogen-bond donors (Lipinski definition) is 3. The highest BCUT2D eigenvalue weighted by Crippen LogP contribution is 2.17. The van der Waals surface area contributed by atoms with Crippen LogP contribution in [0.1, 0.15) is 19.8 Å². The molecule has 0 aromatic carbocycles. The molecule has 4 nitrogen and oxygen atoms in total. The summed E-state index contributed by atoms with van der Waals surface area (Å²) in [6.45, 7) is 4.22. The van der Waals surface area contributed by atoms with Crippen LogP contribution in [0, 0.1) is 5.92 Å². The highest BCUT2D eigenvalue weighted by Gasteiger charge is 2.33. The standard InChI is InChI=1S/C10H21NO3/c1-2-3-4-11-5-8(7-12)10(14)9(13)6-11/h8-10,12-14H,2-7H2,1H3/t8-,9-,10-/m0/s1. The lowest BCUT2D eigenvalue weighted by Crippen LogP contribution is -2.53. The van der Waals surface area contributed by atoms with E-state index in [0.29, 0.717) is 13.1 Å². The van der Waals surface area contributed by atoms with Gasteiger partial charge in [-0.2, -0.15) is 0 Å². The Hall–Kier alpha value is -0.160. The van der Waals surface area contributed by atoms with Crippen molar-refractivity contribution in [1.82, 2.24) is 4.90 Å². The fourth-order valence-corrected chi connectivity index (χ4v) is 1.93. The minimum absolute atomic E-state index is 0.0547. The molecule has 1 saturated heterocycles. The molecule has 1 aliphatic rings. The number of likely N-dealkylation sites (tertiary alicyclic amines) is 1. The third kappa shape index (κ3) is 2.92. The van der Waals surface area contributed by atoms with E-state index in [0.717, 1.165) is 19.4 Å². The second-order valence-corrected chi connectivity index (χ2v) is 4.11. The maximum atomic E-state index is 9.55. The Morgan fingerprint density at radius 2 is 2.00 bits per heavy atom. The smallest absolute Gasteiger partial charge is 0.0929 e. The first-order chi connectivity index (χ1) is 6.69. The van der Waals surface area contributed by atoms with Crippen LogP contribution < -0.4 is 0 Å². The maximum absolute atomic E-state index is 9.55. The number of hydrogen-bond acceptors (Lipinski definition) is 4. The molecule has 1 aliphatic heterocycles. The summed E-state index contributed by atoms with van der Waals surface area (Å²) in [5, 5.41) is 28.1. The molecule has 0 aliphatic carbocycles. The third-order valence-corrected chi connectivity index (χ3v) is 2.88. The molecule has 0 bridgehead atoms. The number of piperidine rings is 1. The fourth-order valence-electron chi connectivity index (χ4n) is 1.93. The van der Waals surface area contributed by atoms with Crippen molar-refractivity contribution in [2.75, 3.05) is 26.2 Å². The van der Waals surface area contributed by atoms with Gasteiger partial charge in [0.1, 0.15) is 0 Å². The molecule has 3 N–H and O–H groups in total. The van der Waals surface area contributed by atoms with Gasteiger partial charge >= 0.3 is 0 Å². The van der Waals surface area contributed by atoms with Crippen LogP contribution in [0.5, 0.6) is 0 Å². The molecule has 1 heterocycles. The normalized spacial score (nSPS) is 34.7. The molecular weight excluding hydrogens is 182 g/mol. The molecule has 4 heteroatoms. The number of β-amino-alcohol motifs (C(OH)–C–C–N with tert-alkyl or cyclic N) is 1. The van der Waals surface area contributed by atoms with Gasteiger partial charge in [-0.15, -0.1) is 0 Å². The van der Waals surface area contributed by atoms with Crippen molar-refractivity contribution in [1.29, 1.82) is 0 Å². The third-order valence-electron chi connectivity index (χ3n) is 2.88. The number of aliphatic hydroxyl groups is 3. The molecule has 0 aromatic rings. The van der Waals surface area contributed by atoms with E-state index in [1.54, 1.807) is 0 Å². The van der Waals surface area contributed by atoms with Gasteiger partial charge in [-0.3, -0.25) is 0 Å². The first kappa shape index (κ1) is 11.9. The van der Waals surface area contributed by atoms with Gasteiger partial charge in [0.25, 0.3) is 0 Å². The van der Waals surface area contributed by atoms with Crippen molar-refractivity contribution >= 4 is 0 Å². The second kappa shape index (κ2) is 5.66. The van der Waals surface area contributed by atoms with Crippen LogP contribution in [0.2, 0.25) is 0 Å². The number of rotatable bonds is 4. The Balaban J connectivity index is 2.41. The van der Waals surface area contributed by atoms with Crippen LogP contribution in [-0.4, -0.2) is 58.7 Å². The highest BCUT2D eigenvalue weighted by molar-refractivity contribution is 4.85. The van der Waals surface area contributed by atoms with Gasteiger partial charge in [0.15, 0.2) is 0 Å². The van der Waals surface area contributed by atoms with E-state index in [2.05, 4.69) is 11.8 Å². The van der Waals surface area contributed by atoms with E-state index in [4.69, 9.17) is 5.11 Å². The molecule has 0 unspecified atom stereocenters. The molecule has 3 atom stereocenters. The summed E-state index contributed by atoms with van der Waals surface area (Å²) in [5.74, 6) is -0.199. The van der Waals surface area contributed by atoms with Crippen LogP contribution in [0.15, 0.2) is 0 Å². The number of unbranched alkanes of at least 4 members (excludes halogenated alkanes) is 1. The summed E-state index contributed by atoms with van der Waals surface area (Å²) in [6.07, 6.45) is 0.746. The predicted octanol–water partition coefficient (Wildman–Crippen LogP) is -0.568. The predicted molar refractivity (Wildman–Crippen MR) is 53.9 cm³/mol. The average Bonchev–Trinajstić information content (AvgIpc) is 2.19. The first-order valence-corrected chi connectivity index (χ1v) is 5.38. The second-order valence-electron chi connectivity index (χ2n) is 4.11. The Kier molecular flexibility index (Phi) is 4.81. The SMILES string of the molecule is CCCCN1C[C@@H](CO)[C@H](O)[C@@H](O)C1. The van der Waals surface area contributed by atoms with Crippen molar-refractivity contribution in [3.8, 4) is 0 Å².